The van der Waals surface area contributed by atoms with Crippen LogP contribution in [-0.2, 0) is 10.0 Å². The van der Waals surface area contributed by atoms with Crippen molar-refractivity contribution in [2.75, 3.05) is 19.6 Å². The Bertz CT molecular complexity index is 805. The van der Waals surface area contributed by atoms with Crippen LogP contribution in [0.15, 0.2) is 45.9 Å². The molecule has 1 N–H and O–H groups in total. The fraction of sp³-hybridized carbons (Fsp3) is 0.412. The lowest BCUT2D eigenvalue weighted by atomic mass is 10.1. The SMILES string of the molecule is O=S(=O)(NCC(c1ccco1)N1CCCCC1)c1ccc(Cl)cc1F. The van der Waals surface area contributed by atoms with E-state index in [2.05, 4.69) is 9.62 Å². The Hall–Kier alpha value is -1.41. The number of nitrogens with zero attached hydrogens (tertiary/aromatic N) is 1. The number of halogens is 2. The van der Waals surface area contributed by atoms with Gasteiger partial charge in [0.25, 0.3) is 0 Å². The number of piperidine rings is 1. The molecule has 25 heavy (non-hydrogen) atoms. The Morgan fingerprint density at radius 2 is 2.00 bits per heavy atom. The summed E-state index contributed by atoms with van der Waals surface area (Å²) in [5.41, 5.74) is 0. The largest absolute Gasteiger partial charge is 0.468 e. The van der Waals surface area contributed by atoms with E-state index in [0.29, 0.717) is 5.76 Å². The van der Waals surface area contributed by atoms with Crippen LogP contribution in [0.4, 0.5) is 4.39 Å². The van der Waals surface area contributed by atoms with Crippen molar-refractivity contribution >= 4 is 21.6 Å². The highest BCUT2D eigenvalue weighted by Gasteiger charge is 2.27. The molecule has 1 aliphatic heterocycles. The minimum atomic E-state index is -3.98. The first kappa shape index (κ1) is 18.4. The fourth-order valence-electron chi connectivity index (χ4n) is 3.08. The van der Waals surface area contributed by atoms with Gasteiger partial charge in [-0.3, -0.25) is 4.90 Å². The van der Waals surface area contributed by atoms with Crippen LogP contribution >= 0.6 is 11.6 Å². The maximum Gasteiger partial charge on any atom is 0.243 e. The molecule has 8 heteroatoms. The Labute approximate surface area is 151 Å². The predicted octanol–water partition coefficient (Wildman–Crippen LogP) is 3.58. The topological polar surface area (TPSA) is 62.6 Å². The second-order valence-corrected chi connectivity index (χ2v) is 8.23. The summed E-state index contributed by atoms with van der Waals surface area (Å²) in [7, 11) is -3.98. The summed E-state index contributed by atoms with van der Waals surface area (Å²) >= 11 is 5.69. The Kier molecular flexibility index (Phi) is 5.78. The molecule has 1 aromatic heterocycles. The van der Waals surface area contributed by atoms with E-state index >= 15 is 0 Å². The number of likely N-dealkylation sites (tertiary alicyclic amines) is 1. The number of furan rings is 1. The third kappa shape index (κ3) is 4.41. The van der Waals surface area contributed by atoms with Crippen molar-refractivity contribution in [3.63, 3.8) is 0 Å². The maximum atomic E-state index is 14.0. The van der Waals surface area contributed by atoms with E-state index in [-0.39, 0.29) is 17.6 Å². The zero-order valence-electron chi connectivity index (χ0n) is 13.6. The molecule has 0 amide bonds. The van der Waals surface area contributed by atoms with E-state index in [1.807, 2.05) is 6.07 Å². The van der Waals surface area contributed by atoms with Crippen LogP contribution in [0.3, 0.4) is 0 Å². The zero-order valence-corrected chi connectivity index (χ0v) is 15.2. The fourth-order valence-corrected chi connectivity index (χ4v) is 4.33. The molecule has 5 nitrogen and oxygen atoms in total. The molecule has 0 radical (unpaired) electrons. The van der Waals surface area contributed by atoms with E-state index in [0.717, 1.165) is 32.0 Å². The summed E-state index contributed by atoms with van der Waals surface area (Å²) in [5.74, 6) is -0.173. The van der Waals surface area contributed by atoms with E-state index in [1.165, 1.54) is 18.6 Å². The summed E-state index contributed by atoms with van der Waals surface area (Å²) < 4.78 is 46.9. The van der Waals surface area contributed by atoms with Gasteiger partial charge in [0.1, 0.15) is 16.5 Å². The van der Waals surface area contributed by atoms with Crippen molar-refractivity contribution in [2.24, 2.45) is 0 Å². The molecule has 0 spiro atoms. The molecular formula is C17H20ClFN2O3S. The minimum Gasteiger partial charge on any atom is -0.468 e. The Morgan fingerprint density at radius 1 is 1.24 bits per heavy atom. The summed E-state index contributed by atoms with van der Waals surface area (Å²) in [4.78, 5) is 1.79. The summed E-state index contributed by atoms with van der Waals surface area (Å²) in [5, 5.41) is 0.151. The lowest BCUT2D eigenvalue weighted by Crippen LogP contribution is -2.40. The molecule has 3 rings (SSSR count). The van der Waals surface area contributed by atoms with E-state index in [9.17, 15) is 12.8 Å². The van der Waals surface area contributed by atoms with Gasteiger partial charge >= 0.3 is 0 Å². The molecule has 0 saturated carbocycles. The van der Waals surface area contributed by atoms with Gasteiger partial charge in [0.15, 0.2) is 0 Å². The zero-order chi connectivity index (χ0) is 17.9. The van der Waals surface area contributed by atoms with Crippen molar-refractivity contribution in [3.8, 4) is 0 Å². The van der Waals surface area contributed by atoms with Crippen LogP contribution in [0, 0.1) is 5.82 Å². The minimum absolute atomic E-state index is 0.109. The van der Waals surface area contributed by atoms with Crippen molar-refractivity contribution in [1.82, 2.24) is 9.62 Å². The lowest BCUT2D eigenvalue weighted by molar-refractivity contribution is 0.147. The van der Waals surface area contributed by atoms with Gasteiger partial charge in [0.2, 0.25) is 10.0 Å². The van der Waals surface area contributed by atoms with E-state index in [1.54, 1.807) is 12.3 Å². The van der Waals surface area contributed by atoms with Crippen LogP contribution in [0.2, 0.25) is 5.02 Å². The van der Waals surface area contributed by atoms with Crippen LogP contribution in [-0.4, -0.2) is 33.0 Å². The molecule has 1 saturated heterocycles. The molecule has 1 aliphatic rings. The van der Waals surface area contributed by atoms with Crippen LogP contribution in [0.1, 0.15) is 31.1 Å². The lowest BCUT2D eigenvalue weighted by Gasteiger charge is -2.33. The number of nitrogens with one attached hydrogen (secondary N) is 1. The molecule has 1 unspecified atom stereocenters. The van der Waals surface area contributed by atoms with Gasteiger partial charge in [-0.2, -0.15) is 0 Å². The predicted molar refractivity (Wildman–Crippen MR) is 93.5 cm³/mol. The molecule has 0 aliphatic carbocycles. The molecular weight excluding hydrogens is 367 g/mol. The molecule has 2 heterocycles. The van der Waals surface area contributed by atoms with Gasteiger partial charge in [-0.1, -0.05) is 18.0 Å². The standard InChI is InChI=1S/C17H20ClFN2O3S/c18-13-6-7-17(14(19)11-13)25(22,23)20-12-15(16-5-4-10-24-16)21-8-2-1-3-9-21/h4-7,10-11,15,20H,1-3,8-9,12H2. The smallest absolute Gasteiger partial charge is 0.243 e. The number of benzene rings is 1. The number of hydrogen-bond acceptors (Lipinski definition) is 4. The highest BCUT2D eigenvalue weighted by atomic mass is 35.5. The van der Waals surface area contributed by atoms with Crippen molar-refractivity contribution in [2.45, 2.75) is 30.2 Å². The molecule has 0 bridgehead atoms. The average Bonchev–Trinajstić information content (AvgIpc) is 3.10. The second kappa shape index (κ2) is 7.86. The number of hydrogen-bond donors (Lipinski definition) is 1. The highest BCUT2D eigenvalue weighted by Crippen LogP contribution is 2.25. The first-order valence-electron chi connectivity index (χ1n) is 8.19. The van der Waals surface area contributed by atoms with Crippen LogP contribution < -0.4 is 4.72 Å². The van der Waals surface area contributed by atoms with Gasteiger partial charge in [-0.25, -0.2) is 17.5 Å². The maximum absolute atomic E-state index is 14.0. The quantitative estimate of drug-likeness (QED) is 0.824. The molecule has 136 valence electrons. The Morgan fingerprint density at radius 3 is 2.64 bits per heavy atom. The van der Waals surface area contributed by atoms with Gasteiger partial charge in [0.05, 0.1) is 12.3 Å². The third-order valence-electron chi connectivity index (χ3n) is 4.35. The summed E-state index contributed by atoms with van der Waals surface area (Å²) in [6.07, 6.45) is 4.87. The summed E-state index contributed by atoms with van der Waals surface area (Å²) in [6, 6.07) is 6.90. The highest BCUT2D eigenvalue weighted by molar-refractivity contribution is 7.89. The van der Waals surface area contributed by atoms with Gasteiger partial charge < -0.3 is 4.42 Å². The monoisotopic (exact) mass is 386 g/mol. The normalized spacial score (nSPS) is 17.5. The van der Waals surface area contributed by atoms with E-state index < -0.39 is 20.7 Å². The molecule has 2 aromatic rings. The van der Waals surface area contributed by atoms with Gasteiger partial charge in [-0.05, 0) is 56.3 Å². The van der Waals surface area contributed by atoms with Crippen molar-refractivity contribution in [3.05, 3.63) is 53.2 Å². The van der Waals surface area contributed by atoms with Gasteiger partial charge in [0, 0.05) is 11.6 Å². The number of sulfonamides is 1. The third-order valence-corrected chi connectivity index (χ3v) is 6.05. The van der Waals surface area contributed by atoms with Crippen molar-refractivity contribution in [1.29, 1.82) is 0 Å². The molecule has 1 fully saturated rings. The number of rotatable bonds is 6. The molecule has 1 atom stereocenters. The first-order valence-corrected chi connectivity index (χ1v) is 10.1. The average molecular weight is 387 g/mol. The van der Waals surface area contributed by atoms with Crippen LogP contribution in [0.5, 0.6) is 0 Å². The van der Waals surface area contributed by atoms with Crippen LogP contribution in [0.25, 0.3) is 0 Å². The second-order valence-electron chi connectivity index (χ2n) is 6.05. The van der Waals surface area contributed by atoms with Crippen molar-refractivity contribution < 1.29 is 17.2 Å². The molecule has 1 aromatic carbocycles. The van der Waals surface area contributed by atoms with Gasteiger partial charge in [-0.15, -0.1) is 0 Å². The first-order chi connectivity index (χ1) is 12.0. The summed E-state index contributed by atoms with van der Waals surface area (Å²) in [6.45, 7) is 1.86. The Balaban J connectivity index is 1.78. The van der Waals surface area contributed by atoms with E-state index in [4.69, 9.17) is 16.0 Å².